The van der Waals surface area contributed by atoms with Gasteiger partial charge in [0.25, 0.3) is 0 Å². The fourth-order valence-electron chi connectivity index (χ4n) is 1.79. The highest BCUT2D eigenvalue weighted by Gasteiger charge is 2.09. The molecule has 0 radical (unpaired) electrons. The quantitative estimate of drug-likeness (QED) is 0.729. The molecule has 1 aliphatic carbocycles. The highest BCUT2D eigenvalue weighted by Crippen LogP contribution is 2.26. The zero-order valence-corrected chi connectivity index (χ0v) is 10.0. The van der Waals surface area contributed by atoms with Gasteiger partial charge in [0.15, 0.2) is 0 Å². The molecule has 0 aromatic carbocycles. The molecule has 1 N–H and O–H groups in total. The fraction of sp³-hybridized carbons (Fsp3) is 0.692. The first-order valence-electron chi connectivity index (χ1n) is 5.55. The van der Waals surface area contributed by atoms with E-state index in [1.54, 1.807) is 5.57 Å². The fourth-order valence-corrected chi connectivity index (χ4v) is 1.79. The van der Waals surface area contributed by atoms with Crippen molar-refractivity contribution in [3.63, 3.8) is 0 Å². The van der Waals surface area contributed by atoms with Gasteiger partial charge in [-0.1, -0.05) is 43.6 Å². The number of hydrogen-bond donors (Lipinski definition) is 1. The first-order valence-corrected chi connectivity index (χ1v) is 5.55. The van der Waals surface area contributed by atoms with Crippen molar-refractivity contribution >= 4 is 0 Å². The van der Waals surface area contributed by atoms with Crippen LogP contribution in [0.4, 0.5) is 0 Å². The zero-order valence-electron chi connectivity index (χ0n) is 10.0. The summed E-state index contributed by atoms with van der Waals surface area (Å²) in [7, 11) is 1.00. The molecule has 0 saturated carbocycles. The Morgan fingerprint density at radius 1 is 1.29 bits per heavy atom. The third-order valence-electron chi connectivity index (χ3n) is 2.74. The molecule has 82 valence electrons. The predicted molar refractivity (Wildman–Crippen MR) is 63.3 cm³/mol. The summed E-state index contributed by atoms with van der Waals surface area (Å²) in [6, 6.07) is 0. The van der Waals surface area contributed by atoms with Gasteiger partial charge in [-0.25, -0.2) is 0 Å². The highest BCUT2D eigenvalue weighted by molar-refractivity contribution is 5.23. The SMILES string of the molecule is CCCC(C)C1=CC=C(C)CC1.CO. The Labute approximate surface area is 88.5 Å². The summed E-state index contributed by atoms with van der Waals surface area (Å²) in [4.78, 5) is 0. The van der Waals surface area contributed by atoms with E-state index in [-0.39, 0.29) is 0 Å². The van der Waals surface area contributed by atoms with E-state index in [2.05, 4.69) is 32.9 Å². The first-order chi connectivity index (χ1) is 6.74. The minimum atomic E-state index is 0.805. The Morgan fingerprint density at radius 3 is 2.36 bits per heavy atom. The van der Waals surface area contributed by atoms with Gasteiger partial charge in [0.05, 0.1) is 0 Å². The number of hydrogen-bond acceptors (Lipinski definition) is 1. The van der Waals surface area contributed by atoms with Crippen molar-refractivity contribution in [3.8, 4) is 0 Å². The molecule has 1 atom stereocenters. The second-order valence-electron chi connectivity index (χ2n) is 3.94. The normalized spacial score (nSPS) is 17.5. The van der Waals surface area contributed by atoms with E-state index in [0.29, 0.717) is 0 Å². The molecule has 0 fully saturated rings. The Balaban J connectivity index is 0.000000791. The van der Waals surface area contributed by atoms with E-state index in [1.807, 2.05) is 0 Å². The van der Waals surface area contributed by atoms with Crippen molar-refractivity contribution in [1.29, 1.82) is 0 Å². The van der Waals surface area contributed by atoms with Crippen LogP contribution in [0.3, 0.4) is 0 Å². The third kappa shape index (κ3) is 4.61. The monoisotopic (exact) mass is 196 g/mol. The molecular weight excluding hydrogens is 172 g/mol. The maximum absolute atomic E-state index is 7.00. The molecule has 0 amide bonds. The van der Waals surface area contributed by atoms with Crippen LogP contribution in [0.25, 0.3) is 0 Å². The van der Waals surface area contributed by atoms with Crippen LogP contribution in [0.5, 0.6) is 0 Å². The lowest BCUT2D eigenvalue weighted by molar-refractivity contribution is 0.399. The van der Waals surface area contributed by atoms with Crippen LogP contribution >= 0.6 is 0 Å². The Morgan fingerprint density at radius 2 is 1.93 bits per heavy atom. The summed E-state index contributed by atoms with van der Waals surface area (Å²) >= 11 is 0. The molecule has 1 heteroatoms. The predicted octanol–water partition coefficient (Wildman–Crippen LogP) is 3.70. The van der Waals surface area contributed by atoms with Crippen LogP contribution < -0.4 is 0 Å². The molecule has 0 aromatic heterocycles. The molecule has 14 heavy (non-hydrogen) atoms. The lowest BCUT2D eigenvalue weighted by Gasteiger charge is -2.18. The third-order valence-corrected chi connectivity index (χ3v) is 2.74. The molecular formula is C13H24O. The van der Waals surface area contributed by atoms with Gasteiger partial charge in [-0.15, -0.1) is 0 Å². The summed E-state index contributed by atoms with van der Waals surface area (Å²) in [5, 5.41) is 7.00. The van der Waals surface area contributed by atoms with E-state index in [0.717, 1.165) is 13.0 Å². The number of rotatable bonds is 3. The van der Waals surface area contributed by atoms with Crippen molar-refractivity contribution in [1.82, 2.24) is 0 Å². The van der Waals surface area contributed by atoms with E-state index in [1.165, 1.54) is 31.3 Å². The molecule has 0 aliphatic heterocycles. The van der Waals surface area contributed by atoms with Crippen LogP contribution in [0.2, 0.25) is 0 Å². The molecule has 0 heterocycles. The van der Waals surface area contributed by atoms with E-state index in [4.69, 9.17) is 5.11 Å². The smallest absolute Gasteiger partial charge is 0.0319 e. The van der Waals surface area contributed by atoms with Gasteiger partial charge in [-0.3, -0.25) is 0 Å². The van der Waals surface area contributed by atoms with Crippen LogP contribution in [0.15, 0.2) is 23.3 Å². The lowest BCUT2D eigenvalue weighted by atomic mass is 9.88. The largest absolute Gasteiger partial charge is 0.400 e. The second-order valence-corrected chi connectivity index (χ2v) is 3.94. The van der Waals surface area contributed by atoms with Gasteiger partial charge in [0.1, 0.15) is 0 Å². The summed E-state index contributed by atoms with van der Waals surface area (Å²) in [6.07, 6.45) is 9.84. The van der Waals surface area contributed by atoms with E-state index < -0.39 is 0 Å². The molecule has 1 nitrogen and oxygen atoms in total. The summed E-state index contributed by atoms with van der Waals surface area (Å²) < 4.78 is 0. The maximum Gasteiger partial charge on any atom is 0.0319 e. The van der Waals surface area contributed by atoms with Gasteiger partial charge < -0.3 is 5.11 Å². The Bertz CT molecular complexity index is 201. The zero-order chi connectivity index (χ0) is 11.0. The van der Waals surface area contributed by atoms with Crippen molar-refractivity contribution in [2.24, 2.45) is 5.92 Å². The van der Waals surface area contributed by atoms with Gasteiger partial charge in [0.2, 0.25) is 0 Å². The van der Waals surface area contributed by atoms with Gasteiger partial charge in [0, 0.05) is 7.11 Å². The first kappa shape index (κ1) is 13.4. The minimum absolute atomic E-state index is 0.805. The molecule has 1 rings (SSSR count). The maximum atomic E-state index is 7.00. The molecule has 0 saturated heterocycles. The van der Waals surface area contributed by atoms with E-state index >= 15 is 0 Å². The number of aliphatic hydroxyl groups excluding tert-OH is 1. The van der Waals surface area contributed by atoms with Crippen LogP contribution in [-0.4, -0.2) is 12.2 Å². The topological polar surface area (TPSA) is 20.2 Å². The van der Waals surface area contributed by atoms with Crippen LogP contribution in [0, 0.1) is 5.92 Å². The molecule has 1 unspecified atom stereocenters. The number of allylic oxidation sites excluding steroid dienone is 4. The van der Waals surface area contributed by atoms with Gasteiger partial charge in [-0.2, -0.15) is 0 Å². The number of aliphatic hydroxyl groups is 1. The molecule has 1 aliphatic rings. The van der Waals surface area contributed by atoms with Crippen LogP contribution in [-0.2, 0) is 0 Å². The van der Waals surface area contributed by atoms with Gasteiger partial charge >= 0.3 is 0 Å². The molecule has 0 spiro atoms. The average Bonchev–Trinajstić information content (AvgIpc) is 2.22. The Kier molecular flexibility index (Phi) is 7.50. The Hall–Kier alpha value is -0.560. The summed E-state index contributed by atoms with van der Waals surface area (Å²) in [5.41, 5.74) is 3.19. The van der Waals surface area contributed by atoms with Crippen molar-refractivity contribution in [2.75, 3.05) is 7.11 Å². The van der Waals surface area contributed by atoms with Crippen molar-refractivity contribution in [2.45, 2.75) is 46.5 Å². The highest BCUT2D eigenvalue weighted by atomic mass is 16.2. The standard InChI is InChI=1S/C12H20.CH4O/c1-4-5-11(3)12-8-6-10(2)7-9-12;1-2/h6,8,11H,4-5,7,9H2,1-3H3;2H,1H3. The summed E-state index contributed by atoms with van der Waals surface area (Å²) in [5.74, 6) is 0.805. The van der Waals surface area contributed by atoms with Crippen molar-refractivity contribution < 1.29 is 5.11 Å². The molecule has 0 bridgehead atoms. The average molecular weight is 196 g/mol. The molecule has 0 aromatic rings. The van der Waals surface area contributed by atoms with Gasteiger partial charge in [-0.05, 0) is 32.1 Å². The van der Waals surface area contributed by atoms with E-state index in [9.17, 15) is 0 Å². The summed E-state index contributed by atoms with van der Waals surface area (Å²) in [6.45, 7) is 6.84. The lowest BCUT2D eigenvalue weighted by Crippen LogP contribution is -2.02. The van der Waals surface area contributed by atoms with Crippen molar-refractivity contribution in [3.05, 3.63) is 23.3 Å². The second kappa shape index (κ2) is 7.81. The van der Waals surface area contributed by atoms with Crippen LogP contribution in [0.1, 0.15) is 46.5 Å². The minimum Gasteiger partial charge on any atom is -0.400 e.